The molecule has 1 atom stereocenters. The first-order valence-electron chi connectivity index (χ1n) is 11.5. The van der Waals surface area contributed by atoms with Crippen molar-refractivity contribution in [3.63, 3.8) is 0 Å². The fourth-order valence-electron chi connectivity index (χ4n) is 5.11. The van der Waals surface area contributed by atoms with Crippen molar-refractivity contribution in [3.05, 3.63) is 10.6 Å². The Bertz CT molecular complexity index is 761. The van der Waals surface area contributed by atoms with Gasteiger partial charge in [0.05, 0.1) is 5.69 Å². The van der Waals surface area contributed by atoms with Crippen LogP contribution in [-0.2, 0) is 22.4 Å². The van der Waals surface area contributed by atoms with E-state index >= 15 is 0 Å². The lowest BCUT2D eigenvalue weighted by Crippen LogP contribution is -2.51. The average molecular weight is 417 g/mol. The maximum Gasteiger partial charge on any atom is 0.226 e. The van der Waals surface area contributed by atoms with Gasteiger partial charge in [0.25, 0.3) is 0 Å². The minimum atomic E-state index is 0.144. The van der Waals surface area contributed by atoms with Crippen molar-refractivity contribution in [1.29, 1.82) is 0 Å². The van der Waals surface area contributed by atoms with E-state index < -0.39 is 0 Å². The first kappa shape index (κ1) is 19.3. The molecule has 6 nitrogen and oxygen atoms in total. The van der Waals surface area contributed by atoms with Crippen molar-refractivity contribution in [3.8, 4) is 0 Å². The van der Waals surface area contributed by atoms with Crippen LogP contribution in [-0.4, -0.2) is 65.9 Å². The van der Waals surface area contributed by atoms with Crippen LogP contribution in [0.25, 0.3) is 0 Å². The number of nitrogens with zero attached hydrogens (tertiary/aromatic N) is 4. The van der Waals surface area contributed by atoms with Gasteiger partial charge in [0.1, 0.15) is 0 Å². The zero-order chi connectivity index (χ0) is 19.8. The number of amides is 2. The highest BCUT2D eigenvalue weighted by Crippen LogP contribution is 2.36. The lowest BCUT2D eigenvalue weighted by atomic mass is 9.84. The third-order valence-corrected chi connectivity index (χ3v) is 8.44. The molecule has 1 saturated carbocycles. The Morgan fingerprint density at radius 3 is 2.17 bits per heavy atom. The van der Waals surface area contributed by atoms with E-state index in [0.29, 0.717) is 17.7 Å². The molecule has 5 rings (SSSR count). The molecule has 2 aliphatic heterocycles. The van der Waals surface area contributed by atoms with Crippen molar-refractivity contribution in [2.75, 3.05) is 44.2 Å². The molecule has 3 fully saturated rings. The summed E-state index contributed by atoms with van der Waals surface area (Å²) >= 11 is 1.78. The largest absolute Gasteiger partial charge is 0.345 e. The Kier molecular flexibility index (Phi) is 5.50. The van der Waals surface area contributed by atoms with Gasteiger partial charge in [-0.15, -0.1) is 11.3 Å². The van der Waals surface area contributed by atoms with Gasteiger partial charge in [-0.3, -0.25) is 9.59 Å². The van der Waals surface area contributed by atoms with E-state index in [2.05, 4.69) is 14.7 Å². The van der Waals surface area contributed by atoms with Crippen molar-refractivity contribution in [2.45, 2.75) is 57.8 Å². The van der Waals surface area contributed by atoms with E-state index in [4.69, 9.17) is 4.98 Å². The second kappa shape index (κ2) is 8.25. The molecule has 0 spiro atoms. The molecular formula is C22H32N4O2S. The Morgan fingerprint density at radius 2 is 1.48 bits per heavy atom. The highest BCUT2D eigenvalue weighted by atomic mass is 32.1. The van der Waals surface area contributed by atoms with Crippen LogP contribution in [0.4, 0.5) is 5.13 Å². The zero-order valence-corrected chi connectivity index (χ0v) is 18.1. The number of likely N-dealkylation sites (tertiary alicyclic amines) is 1. The molecule has 1 aromatic heterocycles. The summed E-state index contributed by atoms with van der Waals surface area (Å²) in [6, 6.07) is 0. The van der Waals surface area contributed by atoms with Crippen LogP contribution in [0.2, 0.25) is 0 Å². The zero-order valence-electron chi connectivity index (χ0n) is 17.3. The molecule has 2 saturated heterocycles. The molecule has 4 aliphatic rings. The number of rotatable bonds is 3. The second-order valence-electron chi connectivity index (χ2n) is 9.13. The third kappa shape index (κ3) is 3.90. The lowest BCUT2D eigenvalue weighted by Gasteiger charge is -2.38. The van der Waals surface area contributed by atoms with Crippen LogP contribution >= 0.6 is 11.3 Å². The first-order valence-corrected chi connectivity index (χ1v) is 12.3. The van der Waals surface area contributed by atoms with Crippen molar-refractivity contribution >= 4 is 28.3 Å². The lowest BCUT2D eigenvalue weighted by molar-refractivity contribution is -0.138. The van der Waals surface area contributed by atoms with E-state index in [0.717, 1.165) is 89.3 Å². The molecule has 2 aliphatic carbocycles. The number of carbonyl (C=O) groups is 2. The van der Waals surface area contributed by atoms with Crippen molar-refractivity contribution < 1.29 is 9.59 Å². The highest BCUT2D eigenvalue weighted by Gasteiger charge is 2.34. The van der Waals surface area contributed by atoms with E-state index in [1.165, 1.54) is 23.4 Å². The van der Waals surface area contributed by atoms with Crippen LogP contribution in [0, 0.1) is 11.8 Å². The molecule has 0 radical (unpaired) electrons. The number of anilines is 1. The standard InChI is InChI=1S/C22H32N4O2S/c27-20(16-5-4-6-16)25-11-13-26(14-12-25)22-23-18-8-7-17(15-19(18)29-22)21(28)24-9-2-1-3-10-24/h16-17H,1-15H2/t17-/m0/s1. The summed E-state index contributed by atoms with van der Waals surface area (Å²) in [6.07, 6.45) is 9.67. The molecule has 158 valence electrons. The van der Waals surface area contributed by atoms with Gasteiger partial charge >= 0.3 is 0 Å². The van der Waals surface area contributed by atoms with Crippen LogP contribution in [0.3, 0.4) is 0 Å². The van der Waals surface area contributed by atoms with Crippen LogP contribution in [0.5, 0.6) is 0 Å². The Morgan fingerprint density at radius 1 is 0.793 bits per heavy atom. The van der Waals surface area contributed by atoms with Gasteiger partial charge in [-0.05, 0) is 51.4 Å². The van der Waals surface area contributed by atoms with Crippen LogP contribution in [0.15, 0.2) is 0 Å². The van der Waals surface area contributed by atoms with E-state index in [1.807, 2.05) is 0 Å². The number of piperidine rings is 1. The van der Waals surface area contributed by atoms with Crippen molar-refractivity contribution in [1.82, 2.24) is 14.8 Å². The number of aryl methyl sites for hydroxylation is 1. The molecule has 0 aromatic carbocycles. The third-order valence-electron chi connectivity index (χ3n) is 7.26. The van der Waals surface area contributed by atoms with Gasteiger partial charge in [0.2, 0.25) is 11.8 Å². The monoisotopic (exact) mass is 416 g/mol. The van der Waals surface area contributed by atoms with Gasteiger partial charge in [0, 0.05) is 56.0 Å². The molecule has 7 heteroatoms. The number of piperazine rings is 1. The Balaban J connectivity index is 1.18. The normalized spacial score (nSPS) is 25.5. The van der Waals surface area contributed by atoms with Crippen LogP contribution in [0.1, 0.15) is 55.5 Å². The molecular weight excluding hydrogens is 384 g/mol. The Labute approximate surface area is 177 Å². The van der Waals surface area contributed by atoms with Crippen LogP contribution < -0.4 is 4.90 Å². The van der Waals surface area contributed by atoms with Gasteiger partial charge in [-0.2, -0.15) is 0 Å². The van der Waals surface area contributed by atoms with Gasteiger partial charge in [0.15, 0.2) is 5.13 Å². The molecule has 0 bridgehead atoms. The molecule has 29 heavy (non-hydrogen) atoms. The van der Waals surface area contributed by atoms with E-state index in [1.54, 1.807) is 11.3 Å². The quantitative estimate of drug-likeness (QED) is 0.760. The number of fused-ring (bicyclic) bond motifs is 1. The fourth-order valence-corrected chi connectivity index (χ4v) is 6.35. The summed E-state index contributed by atoms with van der Waals surface area (Å²) in [5, 5.41) is 1.09. The molecule has 0 unspecified atom stereocenters. The van der Waals surface area contributed by atoms with Crippen molar-refractivity contribution in [2.24, 2.45) is 11.8 Å². The van der Waals surface area contributed by atoms with Gasteiger partial charge in [-0.1, -0.05) is 6.42 Å². The maximum absolute atomic E-state index is 12.9. The first-order chi connectivity index (χ1) is 14.2. The maximum atomic E-state index is 12.9. The average Bonchev–Trinajstić information content (AvgIpc) is 3.16. The molecule has 0 N–H and O–H groups in total. The molecule has 3 heterocycles. The summed E-state index contributed by atoms with van der Waals surface area (Å²) in [7, 11) is 0. The summed E-state index contributed by atoms with van der Waals surface area (Å²) in [5.74, 6) is 1.18. The number of hydrogen-bond donors (Lipinski definition) is 0. The highest BCUT2D eigenvalue weighted by molar-refractivity contribution is 7.15. The SMILES string of the molecule is O=C(C1CCC1)N1CCN(c2nc3c(s2)C[C@@H](C(=O)N2CCCCC2)CC3)CC1. The van der Waals surface area contributed by atoms with E-state index in [9.17, 15) is 9.59 Å². The summed E-state index contributed by atoms with van der Waals surface area (Å²) in [4.78, 5) is 38.1. The smallest absolute Gasteiger partial charge is 0.226 e. The topological polar surface area (TPSA) is 56.8 Å². The predicted molar refractivity (Wildman–Crippen MR) is 114 cm³/mol. The minimum absolute atomic E-state index is 0.144. The second-order valence-corrected chi connectivity index (χ2v) is 10.2. The number of hydrogen-bond acceptors (Lipinski definition) is 5. The Hall–Kier alpha value is -1.63. The molecule has 2 amide bonds. The number of aromatic nitrogens is 1. The van der Waals surface area contributed by atoms with Gasteiger partial charge < -0.3 is 14.7 Å². The minimum Gasteiger partial charge on any atom is -0.345 e. The predicted octanol–water partition coefficient (Wildman–Crippen LogP) is 2.71. The van der Waals surface area contributed by atoms with Gasteiger partial charge in [-0.25, -0.2) is 4.98 Å². The summed E-state index contributed by atoms with van der Waals surface area (Å²) in [6.45, 7) is 5.27. The summed E-state index contributed by atoms with van der Waals surface area (Å²) in [5.41, 5.74) is 1.21. The fraction of sp³-hybridized carbons (Fsp3) is 0.773. The van der Waals surface area contributed by atoms with E-state index in [-0.39, 0.29) is 5.92 Å². The number of thiazole rings is 1. The summed E-state index contributed by atoms with van der Waals surface area (Å²) < 4.78 is 0. The number of carbonyl (C=O) groups excluding carboxylic acids is 2. The molecule has 1 aromatic rings.